The number of benzene rings is 2. The van der Waals surface area contributed by atoms with E-state index in [-0.39, 0.29) is 22.0 Å². The zero-order valence-corrected chi connectivity index (χ0v) is 18.4. The molecule has 0 bridgehead atoms. The molecule has 2 rings (SSSR count). The lowest BCUT2D eigenvalue weighted by Crippen LogP contribution is -2.34. The number of carbonyl (C=O) groups excluding carboxylic acids is 1. The molecule has 0 spiro atoms. The normalized spacial score (nSPS) is 12.3. The highest BCUT2D eigenvalue weighted by Crippen LogP contribution is 2.17. The van der Waals surface area contributed by atoms with Gasteiger partial charge in [-0.1, -0.05) is 13.0 Å². The zero-order valence-electron chi connectivity index (χ0n) is 16.8. The summed E-state index contributed by atoms with van der Waals surface area (Å²) in [5.41, 5.74) is 0.976. The standard InChI is InChI=1S/C20H25N3O4S2/c1-5-14(2)27-17-8-6-7-15(13-17)19(24)22-20(28)21-16-9-11-18(12-10-16)29(25,26)23(3)4/h6-14H,5H2,1-4H3,(H2,21,22,24,28). The molecule has 156 valence electrons. The molecule has 7 nitrogen and oxygen atoms in total. The van der Waals surface area contributed by atoms with Gasteiger partial charge in [0.25, 0.3) is 5.91 Å². The maximum atomic E-state index is 12.4. The Morgan fingerprint density at radius 3 is 2.41 bits per heavy atom. The van der Waals surface area contributed by atoms with Gasteiger partial charge in [-0.2, -0.15) is 0 Å². The smallest absolute Gasteiger partial charge is 0.257 e. The fourth-order valence-corrected chi connectivity index (χ4v) is 3.40. The minimum atomic E-state index is -3.50. The number of anilines is 1. The van der Waals surface area contributed by atoms with Crippen LogP contribution in [0.5, 0.6) is 5.75 Å². The van der Waals surface area contributed by atoms with E-state index in [1.807, 2.05) is 13.8 Å². The van der Waals surface area contributed by atoms with Crippen molar-refractivity contribution >= 4 is 38.9 Å². The molecular formula is C20H25N3O4S2. The van der Waals surface area contributed by atoms with Crippen LogP contribution in [0.25, 0.3) is 0 Å². The molecule has 0 aliphatic rings. The SMILES string of the molecule is CCC(C)Oc1cccc(C(=O)NC(=S)Nc2ccc(S(=O)(=O)N(C)C)cc2)c1. The van der Waals surface area contributed by atoms with Crippen LogP contribution >= 0.6 is 12.2 Å². The van der Waals surface area contributed by atoms with Crippen LogP contribution in [-0.4, -0.2) is 43.9 Å². The summed E-state index contributed by atoms with van der Waals surface area (Å²) >= 11 is 5.18. The highest BCUT2D eigenvalue weighted by Gasteiger charge is 2.17. The Kier molecular flexibility index (Phi) is 7.72. The molecule has 1 atom stereocenters. The predicted molar refractivity (Wildman–Crippen MR) is 118 cm³/mol. The molecular weight excluding hydrogens is 410 g/mol. The van der Waals surface area contributed by atoms with E-state index in [9.17, 15) is 13.2 Å². The van der Waals surface area contributed by atoms with E-state index in [1.54, 1.807) is 36.4 Å². The lowest BCUT2D eigenvalue weighted by Gasteiger charge is -2.14. The van der Waals surface area contributed by atoms with Crippen LogP contribution in [0.3, 0.4) is 0 Å². The summed E-state index contributed by atoms with van der Waals surface area (Å²) in [4.78, 5) is 12.6. The second-order valence-corrected chi connectivity index (χ2v) is 9.14. The monoisotopic (exact) mass is 435 g/mol. The summed E-state index contributed by atoms with van der Waals surface area (Å²) in [6.45, 7) is 3.98. The van der Waals surface area contributed by atoms with E-state index in [4.69, 9.17) is 17.0 Å². The van der Waals surface area contributed by atoms with Gasteiger partial charge in [-0.25, -0.2) is 12.7 Å². The van der Waals surface area contributed by atoms with Gasteiger partial charge in [0.1, 0.15) is 5.75 Å². The Balaban J connectivity index is 2.00. The third-order valence-corrected chi connectivity index (χ3v) is 6.16. The maximum absolute atomic E-state index is 12.4. The van der Waals surface area contributed by atoms with Gasteiger partial charge in [0.15, 0.2) is 5.11 Å². The van der Waals surface area contributed by atoms with Gasteiger partial charge in [0.05, 0.1) is 11.0 Å². The Bertz CT molecular complexity index is 973. The van der Waals surface area contributed by atoms with Crippen LogP contribution in [0.1, 0.15) is 30.6 Å². The molecule has 0 radical (unpaired) electrons. The topological polar surface area (TPSA) is 87.7 Å². The van der Waals surface area contributed by atoms with E-state index in [0.717, 1.165) is 10.7 Å². The minimum Gasteiger partial charge on any atom is -0.491 e. The molecule has 0 saturated carbocycles. The number of carbonyl (C=O) groups is 1. The van der Waals surface area contributed by atoms with Crippen LogP contribution in [-0.2, 0) is 10.0 Å². The van der Waals surface area contributed by atoms with Crippen LogP contribution in [0.4, 0.5) is 5.69 Å². The number of ether oxygens (including phenoxy) is 1. The molecule has 1 unspecified atom stereocenters. The number of thiocarbonyl (C=S) groups is 1. The van der Waals surface area contributed by atoms with Crippen molar-refractivity contribution in [1.29, 1.82) is 0 Å². The van der Waals surface area contributed by atoms with E-state index in [2.05, 4.69) is 10.6 Å². The quantitative estimate of drug-likeness (QED) is 0.649. The van der Waals surface area contributed by atoms with Crippen molar-refractivity contribution in [2.75, 3.05) is 19.4 Å². The van der Waals surface area contributed by atoms with Crippen molar-refractivity contribution in [3.05, 3.63) is 54.1 Å². The zero-order chi connectivity index (χ0) is 21.6. The van der Waals surface area contributed by atoms with Gasteiger partial charge in [0, 0.05) is 25.3 Å². The van der Waals surface area contributed by atoms with Crippen molar-refractivity contribution < 1.29 is 17.9 Å². The number of hydrogen-bond donors (Lipinski definition) is 2. The number of hydrogen-bond acceptors (Lipinski definition) is 5. The summed E-state index contributed by atoms with van der Waals surface area (Å²) in [5, 5.41) is 5.57. The van der Waals surface area contributed by atoms with Gasteiger partial charge in [-0.3, -0.25) is 10.1 Å². The first-order valence-electron chi connectivity index (χ1n) is 9.05. The molecule has 29 heavy (non-hydrogen) atoms. The van der Waals surface area contributed by atoms with Crippen molar-refractivity contribution in [3.8, 4) is 5.75 Å². The van der Waals surface area contributed by atoms with Gasteiger partial charge in [-0.15, -0.1) is 0 Å². The summed E-state index contributed by atoms with van der Waals surface area (Å²) in [7, 11) is -0.566. The Labute approximate surface area is 177 Å². The van der Waals surface area contributed by atoms with E-state index in [1.165, 1.54) is 26.2 Å². The molecule has 2 aromatic carbocycles. The highest BCUT2D eigenvalue weighted by atomic mass is 32.2. The van der Waals surface area contributed by atoms with Crippen molar-refractivity contribution in [1.82, 2.24) is 9.62 Å². The predicted octanol–water partition coefficient (Wildman–Crippen LogP) is 3.24. The Hall–Kier alpha value is -2.49. The molecule has 1 amide bonds. The maximum Gasteiger partial charge on any atom is 0.257 e. The molecule has 2 aromatic rings. The molecule has 0 aliphatic heterocycles. The lowest BCUT2D eigenvalue weighted by atomic mass is 10.2. The van der Waals surface area contributed by atoms with E-state index >= 15 is 0 Å². The van der Waals surface area contributed by atoms with Crippen molar-refractivity contribution in [2.24, 2.45) is 0 Å². The molecule has 0 aromatic heterocycles. The van der Waals surface area contributed by atoms with Gasteiger partial charge in [0.2, 0.25) is 10.0 Å². The first-order chi connectivity index (χ1) is 13.6. The third kappa shape index (κ3) is 6.25. The second kappa shape index (κ2) is 9.82. The summed E-state index contributed by atoms with van der Waals surface area (Å²) in [5.74, 6) is 0.243. The second-order valence-electron chi connectivity index (χ2n) is 6.58. The molecule has 0 saturated heterocycles. The lowest BCUT2D eigenvalue weighted by molar-refractivity contribution is 0.0977. The first-order valence-corrected chi connectivity index (χ1v) is 10.9. The molecule has 0 heterocycles. The minimum absolute atomic E-state index is 0.0512. The van der Waals surface area contributed by atoms with Crippen molar-refractivity contribution in [3.63, 3.8) is 0 Å². The van der Waals surface area contributed by atoms with Gasteiger partial charge in [-0.05, 0) is 68.0 Å². The van der Waals surface area contributed by atoms with Crippen LogP contribution < -0.4 is 15.4 Å². The first kappa shape index (κ1) is 22.8. The summed E-state index contributed by atoms with van der Waals surface area (Å²) in [6.07, 6.45) is 0.911. The van der Waals surface area contributed by atoms with E-state index in [0.29, 0.717) is 17.0 Å². The number of nitrogens with zero attached hydrogens (tertiary/aromatic N) is 1. The molecule has 0 aliphatic carbocycles. The number of rotatable bonds is 7. The summed E-state index contributed by atoms with van der Waals surface area (Å²) < 4.78 is 31.1. The number of amides is 1. The third-order valence-electron chi connectivity index (χ3n) is 4.13. The molecule has 0 fully saturated rings. The van der Waals surface area contributed by atoms with Gasteiger partial charge < -0.3 is 10.1 Å². The highest BCUT2D eigenvalue weighted by molar-refractivity contribution is 7.89. The number of sulfonamides is 1. The van der Waals surface area contributed by atoms with Crippen LogP contribution in [0, 0.1) is 0 Å². The van der Waals surface area contributed by atoms with Gasteiger partial charge >= 0.3 is 0 Å². The number of nitrogens with one attached hydrogen (secondary N) is 2. The fraction of sp³-hybridized carbons (Fsp3) is 0.300. The molecule has 9 heteroatoms. The molecule has 2 N–H and O–H groups in total. The van der Waals surface area contributed by atoms with Crippen LogP contribution in [0.2, 0.25) is 0 Å². The Morgan fingerprint density at radius 2 is 1.83 bits per heavy atom. The average molecular weight is 436 g/mol. The van der Waals surface area contributed by atoms with Crippen LogP contribution in [0.15, 0.2) is 53.4 Å². The van der Waals surface area contributed by atoms with Crippen molar-refractivity contribution in [2.45, 2.75) is 31.3 Å². The Morgan fingerprint density at radius 1 is 1.17 bits per heavy atom. The fourth-order valence-electron chi connectivity index (χ4n) is 2.28. The average Bonchev–Trinajstić information content (AvgIpc) is 2.68. The van der Waals surface area contributed by atoms with E-state index < -0.39 is 10.0 Å². The largest absolute Gasteiger partial charge is 0.491 e. The summed E-state index contributed by atoms with van der Waals surface area (Å²) in [6, 6.07) is 13.0.